The third kappa shape index (κ3) is 4.05. The summed E-state index contributed by atoms with van der Waals surface area (Å²) in [5.41, 5.74) is 0.502. The molecular weight excluding hydrogens is 326 g/mol. The van der Waals surface area contributed by atoms with Crippen LogP contribution in [0, 0.1) is 0 Å². The molecule has 0 saturated carbocycles. The van der Waals surface area contributed by atoms with Crippen molar-refractivity contribution in [2.24, 2.45) is 0 Å². The fraction of sp³-hybridized carbons (Fsp3) is 0.625. The molecule has 25 heavy (non-hydrogen) atoms. The normalized spacial score (nSPS) is 14.0. The van der Waals surface area contributed by atoms with E-state index in [1.54, 1.807) is 6.07 Å². The number of fused-ring (bicyclic) bond motifs is 1. The van der Waals surface area contributed by atoms with E-state index in [1.165, 1.54) is 11.4 Å². The zero-order valence-electron chi connectivity index (χ0n) is 14.9. The summed E-state index contributed by atoms with van der Waals surface area (Å²) >= 11 is 0. The van der Waals surface area contributed by atoms with Gasteiger partial charge in [-0.3, -0.25) is 9.59 Å². The van der Waals surface area contributed by atoms with Crippen molar-refractivity contribution in [3.63, 3.8) is 0 Å². The van der Waals surface area contributed by atoms with Gasteiger partial charge < -0.3 is 15.5 Å². The SMILES string of the molecule is CC[C@@H](CO)NC(=O)Cn1nc(C(C)O)n2nc(C(C)C)cc2c1=O. The van der Waals surface area contributed by atoms with Crippen molar-refractivity contribution < 1.29 is 15.0 Å². The monoisotopic (exact) mass is 351 g/mol. The first-order valence-electron chi connectivity index (χ1n) is 8.37. The van der Waals surface area contributed by atoms with Gasteiger partial charge in [0.05, 0.1) is 18.3 Å². The number of hydrogen-bond acceptors (Lipinski definition) is 6. The van der Waals surface area contributed by atoms with E-state index in [9.17, 15) is 14.7 Å². The van der Waals surface area contributed by atoms with Gasteiger partial charge in [0.2, 0.25) is 5.91 Å². The summed E-state index contributed by atoms with van der Waals surface area (Å²) in [5, 5.41) is 30.2. The van der Waals surface area contributed by atoms with Crippen LogP contribution in [0.5, 0.6) is 0 Å². The minimum absolute atomic E-state index is 0.104. The Bertz CT molecular complexity index is 805. The predicted octanol–water partition coefficient (Wildman–Crippen LogP) is -0.0452. The Hall–Kier alpha value is -2.26. The van der Waals surface area contributed by atoms with E-state index < -0.39 is 17.6 Å². The average molecular weight is 351 g/mol. The van der Waals surface area contributed by atoms with Gasteiger partial charge in [-0.05, 0) is 25.3 Å². The third-order valence-electron chi connectivity index (χ3n) is 3.96. The van der Waals surface area contributed by atoms with Crippen molar-refractivity contribution in [2.75, 3.05) is 6.61 Å². The van der Waals surface area contributed by atoms with E-state index in [-0.39, 0.29) is 36.5 Å². The Kier molecular flexibility index (Phi) is 5.91. The number of carbonyl (C=O) groups is 1. The van der Waals surface area contributed by atoms with Crippen molar-refractivity contribution in [1.29, 1.82) is 0 Å². The van der Waals surface area contributed by atoms with Gasteiger partial charge in [0.1, 0.15) is 18.2 Å². The van der Waals surface area contributed by atoms with E-state index in [0.29, 0.717) is 12.1 Å². The standard InChI is InChI=1S/C16H25N5O4/c1-5-11(8-22)17-14(24)7-20-16(25)13-6-12(9(2)3)18-21(13)15(19-20)10(4)23/h6,9-11,22-23H,5,7-8H2,1-4H3,(H,17,24)/t10?,11-/m0/s1. The minimum Gasteiger partial charge on any atom is -0.394 e. The predicted molar refractivity (Wildman–Crippen MR) is 91.3 cm³/mol. The molecule has 3 N–H and O–H groups in total. The largest absolute Gasteiger partial charge is 0.394 e. The molecule has 2 aromatic rings. The molecule has 0 aromatic carbocycles. The fourth-order valence-corrected chi connectivity index (χ4v) is 2.41. The molecule has 0 bridgehead atoms. The first-order chi connectivity index (χ1) is 11.8. The molecule has 0 spiro atoms. The summed E-state index contributed by atoms with van der Waals surface area (Å²) in [6.45, 7) is 6.78. The van der Waals surface area contributed by atoms with E-state index in [0.717, 1.165) is 4.68 Å². The van der Waals surface area contributed by atoms with Gasteiger partial charge in [0, 0.05) is 0 Å². The maximum absolute atomic E-state index is 12.6. The van der Waals surface area contributed by atoms with Gasteiger partial charge >= 0.3 is 0 Å². The number of amides is 1. The molecule has 0 aliphatic heterocycles. The van der Waals surface area contributed by atoms with Gasteiger partial charge in [-0.15, -0.1) is 0 Å². The molecule has 0 radical (unpaired) electrons. The first-order valence-corrected chi connectivity index (χ1v) is 8.37. The number of hydrogen-bond donors (Lipinski definition) is 3. The van der Waals surface area contributed by atoms with Crippen molar-refractivity contribution in [3.05, 3.63) is 27.9 Å². The summed E-state index contributed by atoms with van der Waals surface area (Å²) < 4.78 is 2.35. The summed E-state index contributed by atoms with van der Waals surface area (Å²) in [6.07, 6.45) is -0.388. The Morgan fingerprint density at radius 3 is 2.52 bits per heavy atom. The Morgan fingerprint density at radius 1 is 1.32 bits per heavy atom. The number of carbonyl (C=O) groups excluding carboxylic acids is 1. The lowest BCUT2D eigenvalue weighted by Crippen LogP contribution is -2.41. The molecule has 0 aliphatic rings. The molecule has 9 heteroatoms. The lowest BCUT2D eigenvalue weighted by atomic mass is 10.1. The molecule has 9 nitrogen and oxygen atoms in total. The molecule has 1 unspecified atom stereocenters. The smallest absolute Gasteiger partial charge is 0.293 e. The molecule has 2 heterocycles. The van der Waals surface area contributed by atoms with Crippen LogP contribution in [0.15, 0.2) is 10.9 Å². The zero-order valence-corrected chi connectivity index (χ0v) is 14.9. The van der Waals surface area contributed by atoms with Gasteiger partial charge in [0.25, 0.3) is 5.56 Å². The minimum atomic E-state index is -0.960. The maximum atomic E-state index is 12.6. The number of aliphatic hydroxyl groups excluding tert-OH is 2. The molecule has 2 aromatic heterocycles. The summed E-state index contributed by atoms with van der Waals surface area (Å²) in [6, 6.07) is 1.28. The van der Waals surface area contributed by atoms with E-state index >= 15 is 0 Å². The summed E-state index contributed by atoms with van der Waals surface area (Å²) in [4.78, 5) is 24.7. The van der Waals surface area contributed by atoms with Crippen LogP contribution in [-0.2, 0) is 11.3 Å². The lowest BCUT2D eigenvalue weighted by Gasteiger charge is -2.15. The van der Waals surface area contributed by atoms with Crippen LogP contribution in [-0.4, -0.2) is 48.2 Å². The second-order valence-electron chi connectivity index (χ2n) is 6.37. The van der Waals surface area contributed by atoms with E-state index in [4.69, 9.17) is 5.11 Å². The van der Waals surface area contributed by atoms with Crippen LogP contribution in [0.2, 0.25) is 0 Å². The fourth-order valence-electron chi connectivity index (χ4n) is 2.41. The molecule has 2 rings (SSSR count). The van der Waals surface area contributed by atoms with Crippen LogP contribution in [0.4, 0.5) is 0 Å². The number of aromatic nitrogens is 4. The highest BCUT2D eigenvalue weighted by Crippen LogP contribution is 2.16. The average Bonchev–Trinajstić information content (AvgIpc) is 3.00. The Labute approximate surface area is 145 Å². The Balaban J connectivity index is 2.45. The van der Waals surface area contributed by atoms with Crippen LogP contribution in [0.3, 0.4) is 0 Å². The van der Waals surface area contributed by atoms with Crippen molar-refractivity contribution in [3.8, 4) is 0 Å². The van der Waals surface area contributed by atoms with Gasteiger partial charge in [-0.25, -0.2) is 9.20 Å². The van der Waals surface area contributed by atoms with Crippen LogP contribution < -0.4 is 10.9 Å². The highest BCUT2D eigenvalue weighted by molar-refractivity contribution is 5.76. The van der Waals surface area contributed by atoms with Crippen molar-refractivity contribution >= 4 is 11.4 Å². The molecule has 0 fully saturated rings. The summed E-state index contributed by atoms with van der Waals surface area (Å²) in [7, 11) is 0. The maximum Gasteiger partial charge on any atom is 0.293 e. The highest BCUT2D eigenvalue weighted by atomic mass is 16.3. The van der Waals surface area contributed by atoms with Gasteiger partial charge in [0.15, 0.2) is 5.82 Å². The van der Waals surface area contributed by atoms with Crippen LogP contribution in [0.25, 0.3) is 5.52 Å². The quantitative estimate of drug-likeness (QED) is 0.643. The zero-order chi connectivity index (χ0) is 18.7. The first kappa shape index (κ1) is 19.1. The highest BCUT2D eigenvalue weighted by Gasteiger charge is 2.19. The number of aliphatic hydroxyl groups is 2. The second-order valence-corrected chi connectivity index (χ2v) is 6.37. The Morgan fingerprint density at radius 2 is 2.00 bits per heavy atom. The lowest BCUT2D eigenvalue weighted by molar-refractivity contribution is -0.123. The van der Waals surface area contributed by atoms with Crippen LogP contribution in [0.1, 0.15) is 57.7 Å². The van der Waals surface area contributed by atoms with E-state index in [2.05, 4.69) is 15.5 Å². The topological polar surface area (TPSA) is 122 Å². The molecule has 2 atom stereocenters. The molecular formula is C16H25N5O4. The van der Waals surface area contributed by atoms with Crippen molar-refractivity contribution in [2.45, 2.75) is 58.7 Å². The summed E-state index contributed by atoms with van der Waals surface area (Å²) in [5.74, 6) is -0.142. The number of nitrogens with zero attached hydrogens (tertiary/aromatic N) is 4. The number of rotatable bonds is 7. The number of nitrogens with one attached hydrogen (secondary N) is 1. The molecule has 0 saturated heterocycles. The van der Waals surface area contributed by atoms with Gasteiger partial charge in [-0.2, -0.15) is 10.2 Å². The van der Waals surface area contributed by atoms with Crippen molar-refractivity contribution in [1.82, 2.24) is 24.7 Å². The molecule has 0 aliphatic carbocycles. The molecule has 1 amide bonds. The van der Waals surface area contributed by atoms with Gasteiger partial charge in [-0.1, -0.05) is 20.8 Å². The third-order valence-corrected chi connectivity index (χ3v) is 3.96. The van der Waals surface area contributed by atoms with Crippen LogP contribution >= 0.6 is 0 Å². The second kappa shape index (κ2) is 7.75. The van der Waals surface area contributed by atoms with E-state index in [1.807, 2.05) is 20.8 Å². The molecule has 138 valence electrons.